The van der Waals surface area contributed by atoms with Crippen LogP contribution in [0.2, 0.25) is 0 Å². The van der Waals surface area contributed by atoms with Crippen LogP contribution in [-0.2, 0) is 6.54 Å². The van der Waals surface area contributed by atoms with Gasteiger partial charge in [-0.05, 0) is 50.5 Å². The van der Waals surface area contributed by atoms with Crippen molar-refractivity contribution in [1.29, 1.82) is 0 Å². The Hall–Kier alpha value is -2.79. The van der Waals surface area contributed by atoms with Crippen LogP contribution in [0, 0.1) is 0 Å². The number of nitrogens with zero attached hydrogens (tertiary/aromatic N) is 3. The monoisotopic (exact) mass is 351 g/mol. The summed E-state index contributed by atoms with van der Waals surface area (Å²) in [5.74, 6) is 1.74. The third kappa shape index (κ3) is 3.73. The Morgan fingerprint density at radius 2 is 1.81 bits per heavy atom. The minimum atomic E-state index is 0.567. The zero-order valence-corrected chi connectivity index (χ0v) is 15.8. The molecule has 1 aliphatic rings. The van der Waals surface area contributed by atoms with Crippen molar-refractivity contribution in [2.75, 3.05) is 39.9 Å². The van der Waals surface area contributed by atoms with E-state index in [1.54, 1.807) is 14.2 Å². The summed E-state index contributed by atoms with van der Waals surface area (Å²) in [7, 11) is 7.51. The Bertz CT molecular complexity index is 828. The molecule has 26 heavy (non-hydrogen) atoms. The van der Waals surface area contributed by atoms with E-state index in [-0.39, 0.29) is 0 Å². The van der Waals surface area contributed by atoms with E-state index in [0.717, 1.165) is 40.6 Å². The largest absolute Gasteiger partial charge is 0.496 e. The first-order valence-corrected chi connectivity index (χ1v) is 8.56. The van der Waals surface area contributed by atoms with Gasteiger partial charge in [0, 0.05) is 29.6 Å². The van der Waals surface area contributed by atoms with Crippen molar-refractivity contribution in [1.82, 2.24) is 4.90 Å². The van der Waals surface area contributed by atoms with E-state index in [1.165, 1.54) is 0 Å². The summed E-state index contributed by atoms with van der Waals surface area (Å²) < 4.78 is 11.1. The third-order valence-corrected chi connectivity index (χ3v) is 4.30. The maximum Gasteiger partial charge on any atom is 0.128 e. The maximum atomic E-state index is 5.56. The molecule has 0 unspecified atom stereocenters. The van der Waals surface area contributed by atoms with Gasteiger partial charge >= 0.3 is 0 Å². The fraction of sp³-hybridized carbons (Fsp3) is 0.286. The first-order chi connectivity index (χ1) is 12.6. The van der Waals surface area contributed by atoms with Gasteiger partial charge in [-0.15, -0.1) is 0 Å². The second-order valence-corrected chi connectivity index (χ2v) is 6.39. The molecule has 0 radical (unpaired) electrons. The van der Waals surface area contributed by atoms with Crippen molar-refractivity contribution in [2.45, 2.75) is 6.54 Å². The van der Waals surface area contributed by atoms with Crippen LogP contribution in [-0.4, -0.2) is 46.1 Å². The Morgan fingerprint density at radius 1 is 1.04 bits per heavy atom. The quantitative estimate of drug-likeness (QED) is 0.796. The van der Waals surface area contributed by atoms with Crippen LogP contribution < -0.4 is 14.4 Å². The average Bonchev–Trinajstić information content (AvgIpc) is 2.67. The summed E-state index contributed by atoms with van der Waals surface area (Å²) in [6.45, 7) is 1.37. The van der Waals surface area contributed by atoms with E-state index in [2.05, 4.69) is 47.1 Å². The predicted octanol–water partition coefficient (Wildman–Crippen LogP) is 3.65. The molecular weight excluding hydrogens is 326 g/mol. The van der Waals surface area contributed by atoms with Gasteiger partial charge in [-0.3, -0.25) is 4.99 Å². The van der Waals surface area contributed by atoms with E-state index >= 15 is 0 Å². The SMILES string of the molecule is COc1ccc(N2CN=CC=C2c2ccccc2OC)cc1CN(C)C. The zero-order chi connectivity index (χ0) is 18.5. The molecule has 1 heterocycles. The summed E-state index contributed by atoms with van der Waals surface area (Å²) in [6.07, 6.45) is 3.87. The first kappa shape index (κ1) is 18.0. The average molecular weight is 351 g/mol. The number of benzene rings is 2. The first-order valence-electron chi connectivity index (χ1n) is 8.56. The lowest BCUT2D eigenvalue weighted by Gasteiger charge is -2.29. The summed E-state index contributed by atoms with van der Waals surface area (Å²) >= 11 is 0. The number of hydrogen-bond acceptors (Lipinski definition) is 5. The molecule has 5 heteroatoms. The van der Waals surface area contributed by atoms with Gasteiger partial charge in [0.05, 0.1) is 19.9 Å². The van der Waals surface area contributed by atoms with Crippen molar-refractivity contribution in [3.63, 3.8) is 0 Å². The van der Waals surface area contributed by atoms with E-state index in [1.807, 2.05) is 36.6 Å². The number of methoxy groups -OCH3 is 2. The van der Waals surface area contributed by atoms with Gasteiger partial charge in [-0.25, -0.2) is 0 Å². The number of anilines is 1. The summed E-state index contributed by atoms with van der Waals surface area (Å²) in [6, 6.07) is 14.3. The van der Waals surface area contributed by atoms with E-state index in [9.17, 15) is 0 Å². The standard InChI is InChI=1S/C21H25N3O2/c1-23(2)14-16-13-17(9-10-20(16)25-3)24-15-22-12-11-19(24)18-7-5-6-8-21(18)26-4/h5-13H,14-15H2,1-4H3. The molecule has 2 aromatic carbocycles. The van der Waals surface area contributed by atoms with Crippen LogP contribution in [0.25, 0.3) is 5.70 Å². The number of hydrogen-bond donors (Lipinski definition) is 0. The molecule has 0 spiro atoms. The summed E-state index contributed by atoms with van der Waals surface area (Å²) in [5.41, 5.74) is 4.34. The molecule has 0 fully saturated rings. The minimum Gasteiger partial charge on any atom is -0.496 e. The molecule has 0 atom stereocenters. The molecule has 136 valence electrons. The third-order valence-electron chi connectivity index (χ3n) is 4.30. The highest BCUT2D eigenvalue weighted by Crippen LogP contribution is 2.35. The van der Waals surface area contributed by atoms with Crippen LogP contribution in [0.1, 0.15) is 11.1 Å². The lowest BCUT2D eigenvalue weighted by molar-refractivity contribution is 0.372. The van der Waals surface area contributed by atoms with Crippen molar-refractivity contribution < 1.29 is 9.47 Å². The molecule has 0 amide bonds. The molecular formula is C21H25N3O2. The second kappa shape index (κ2) is 8.06. The smallest absolute Gasteiger partial charge is 0.128 e. The molecule has 0 saturated carbocycles. The fourth-order valence-electron chi connectivity index (χ4n) is 3.13. The molecule has 0 saturated heterocycles. The van der Waals surface area contributed by atoms with Gasteiger partial charge < -0.3 is 19.3 Å². The maximum absolute atomic E-state index is 5.56. The molecule has 0 N–H and O–H groups in total. The molecule has 1 aliphatic heterocycles. The van der Waals surface area contributed by atoms with Crippen LogP contribution >= 0.6 is 0 Å². The van der Waals surface area contributed by atoms with Crippen LogP contribution in [0.5, 0.6) is 11.5 Å². The number of ether oxygens (including phenoxy) is 2. The van der Waals surface area contributed by atoms with Gasteiger partial charge in [-0.1, -0.05) is 12.1 Å². The highest BCUT2D eigenvalue weighted by atomic mass is 16.5. The number of aliphatic imine (C=N–C) groups is 1. The topological polar surface area (TPSA) is 37.3 Å². The number of allylic oxidation sites excluding steroid dienone is 1. The molecule has 2 aromatic rings. The number of rotatable bonds is 6. The van der Waals surface area contributed by atoms with Crippen molar-refractivity contribution >= 4 is 17.6 Å². The summed E-state index contributed by atoms with van der Waals surface area (Å²) in [4.78, 5) is 8.76. The van der Waals surface area contributed by atoms with Crippen LogP contribution in [0.15, 0.2) is 53.5 Å². The number of para-hydroxylation sites is 1. The zero-order valence-electron chi connectivity index (χ0n) is 15.8. The summed E-state index contributed by atoms with van der Waals surface area (Å²) in [5, 5.41) is 0. The van der Waals surface area contributed by atoms with Gasteiger partial charge in [0.1, 0.15) is 18.2 Å². The fourth-order valence-corrected chi connectivity index (χ4v) is 3.13. The van der Waals surface area contributed by atoms with Crippen LogP contribution in [0.3, 0.4) is 0 Å². The van der Waals surface area contributed by atoms with Gasteiger partial charge in [0.2, 0.25) is 0 Å². The lowest BCUT2D eigenvalue weighted by Crippen LogP contribution is -2.25. The van der Waals surface area contributed by atoms with E-state index in [0.29, 0.717) is 6.67 Å². The van der Waals surface area contributed by atoms with Crippen LogP contribution in [0.4, 0.5) is 5.69 Å². The van der Waals surface area contributed by atoms with E-state index in [4.69, 9.17) is 9.47 Å². The van der Waals surface area contributed by atoms with Gasteiger partial charge in [0.25, 0.3) is 0 Å². The molecule has 3 rings (SSSR count). The van der Waals surface area contributed by atoms with Crippen molar-refractivity contribution in [3.8, 4) is 11.5 Å². The highest BCUT2D eigenvalue weighted by Gasteiger charge is 2.19. The molecule has 0 aromatic heterocycles. The lowest BCUT2D eigenvalue weighted by atomic mass is 10.1. The Morgan fingerprint density at radius 3 is 2.54 bits per heavy atom. The normalized spacial score (nSPS) is 13.7. The van der Waals surface area contributed by atoms with Crippen molar-refractivity contribution in [2.24, 2.45) is 4.99 Å². The van der Waals surface area contributed by atoms with Crippen molar-refractivity contribution in [3.05, 3.63) is 59.7 Å². The highest BCUT2D eigenvalue weighted by molar-refractivity contribution is 5.94. The Kier molecular flexibility index (Phi) is 5.58. The molecule has 0 bridgehead atoms. The molecule has 0 aliphatic carbocycles. The van der Waals surface area contributed by atoms with Gasteiger partial charge in [-0.2, -0.15) is 0 Å². The van der Waals surface area contributed by atoms with E-state index < -0.39 is 0 Å². The Balaban J connectivity index is 2.02. The minimum absolute atomic E-state index is 0.567. The second-order valence-electron chi connectivity index (χ2n) is 6.39. The Labute approximate surface area is 155 Å². The molecule has 5 nitrogen and oxygen atoms in total. The predicted molar refractivity (Wildman–Crippen MR) is 107 cm³/mol. The van der Waals surface area contributed by atoms with Gasteiger partial charge in [0.15, 0.2) is 0 Å².